The molecule has 7 rings (SSSR count). The maximum atomic E-state index is 15.7. The van der Waals surface area contributed by atoms with Gasteiger partial charge < -0.3 is 34.1 Å². The van der Waals surface area contributed by atoms with Crippen molar-refractivity contribution < 1.29 is 57.6 Å². The van der Waals surface area contributed by atoms with Crippen LogP contribution in [0.2, 0.25) is 0 Å². The van der Waals surface area contributed by atoms with Crippen molar-refractivity contribution in [3.8, 4) is 0 Å². The van der Waals surface area contributed by atoms with Gasteiger partial charge in [0.2, 0.25) is 5.91 Å². The van der Waals surface area contributed by atoms with E-state index in [2.05, 4.69) is 5.32 Å². The lowest BCUT2D eigenvalue weighted by atomic mass is 9.42. The minimum absolute atomic E-state index is 0.149. The number of aliphatic hydroxyl groups is 1. The molecule has 2 bridgehead atoms. The number of hydrogen-bond acceptors (Lipinski definition) is 12. The summed E-state index contributed by atoms with van der Waals surface area (Å²) in [7, 11) is 0. The number of nitrogens with one attached hydrogen (secondary N) is 1. The Morgan fingerprint density at radius 3 is 2.08 bits per heavy atom. The molecular formula is C49H61NO12. The molecule has 1 saturated heterocycles. The van der Waals surface area contributed by atoms with E-state index >= 15 is 4.79 Å². The molecule has 5 aliphatic rings. The topological polar surface area (TPSA) is 181 Å². The van der Waals surface area contributed by atoms with Crippen LogP contribution in [0.4, 0.5) is 0 Å². The van der Waals surface area contributed by atoms with Gasteiger partial charge in [0.05, 0.1) is 29.5 Å². The molecule has 11 atom stereocenters. The molecule has 13 heteroatoms. The summed E-state index contributed by atoms with van der Waals surface area (Å²) in [5.41, 5.74) is -7.17. The lowest BCUT2D eigenvalue weighted by Crippen LogP contribution is -2.82. The van der Waals surface area contributed by atoms with Crippen LogP contribution < -0.4 is 5.32 Å². The van der Waals surface area contributed by atoms with Gasteiger partial charge in [0.1, 0.15) is 23.9 Å². The Bertz CT molecular complexity index is 2180. The third-order valence-electron chi connectivity index (χ3n) is 14.9. The average Bonchev–Trinajstić information content (AvgIpc) is 3.94. The van der Waals surface area contributed by atoms with Crippen LogP contribution in [-0.2, 0) is 47.7 Å². The molecule has 62 heavy (non-hydrogen) atoms. The van der Waals surface area contributed by atoms with Crippen LogP contribution in [0.25, 0.3) is 0 Å². The lowest BCUT2D eigenvalue weighted by Gasteiger charge is -2.69. The van der Waals surface area contributed by atoms with Crippen LogP contribution in [-0.4, -0.2) is 82.9 Å². The van der Waals surface area contributed by atoms with Crippen molar-refractivity contribution in [1.82, 2.24) is 5.32 Å². The zero-order valence-corrected chi connectivity index (χ0v) is 37.5. The second-order valence-electron chi connectivity index (χ2n) is 20.1. The van der Waals surface area contributed by atoms with Gasteiger partial charge in [0, 0.05) is 37.5 Å². The van der Waals surface area contributed by atoms with Gasteiger partial charge in [-0.3, -0.25) is 24.0 Å². The van der Waals surface area contributed by atoms with Gasteiger partial charge in [-0.05, 0) is 66.4 Å². The van der Waals surface area contributed by atoms with Gasteiger partial charge in [0.25, 0.3) is 0 Å². The number of fused-ring (bicyclic) bond motifs is 4. The number of hydrogen-bond donors (Lipinski definition) is 2. The maximum Gasteiger partial charge on any atom is 0.338 e. The van der Waals surface area contributed by atoms with Gasteiger partial charge in [-0.15, -0.1) is 0 Å². The summed E-state index contributed by atoms with van der Waals surface area (Å²) in [5, 5.41) is 17.1. The Balaban J connectivity index is 1.41. The number of carbonyl (C=O) groups excluding carboxylic acids is 6. The van der Waals surface area contributed by atoms with E-state index in [1.165, 1.54) is 13.8 Å². The number of Topliss-reactive ketones (excluding diaryl/α,β-unsaturated/α-hetero) is 1. The molecule has 0 radical (unpaired) electrons. The van der Waals surface area contributed by atoms with Crippen LogP contribution in [0.1, 0.15) is 123 Å². The monoisotopic (exact) mass is 855 g/mol. The number of rotatable bonds is 11. The quantitative estimate of drug-likeness (QED) is 0.142. The Hall–Kier alpha value is -4.88. The predicted molar refractivity (Wildman–Crippen MR) is 225 cm³/mol. The molecule has 13 nitrogen and oxygen atoms in total. The van der Waals surface area contributed by atoms with Gasteiger partial charge in [-0.1, -0.05) is 97.0 Å². The molecular weight excluding hydrogens is 795 g/mol. The van der Waals surface area contributed by atoms with E-state index in [9.17, 15) is 29.1 Å². The number of ketones is 1. The van der Waals surface area contributed by atoms with E-state index in [0.29, 0.717) is 17.6 Å². The first-order valence-electron chi connectivity index (χ1n) is 21.8. The van der Waals surface area contributed by atoms with Crippen LogP contribution in [0.5, 0.6) is 0 Å². The van der Waals surface area contributed by atoms with Crippen molar-refractivity contribution in [1.29, 1.82) is 0 Å². The van der Waals surface area contributed by atoms with E-state index in [4.69, 9.17) is 23.7 Å². The van der Waals surface area contributed by atoms with Crippen LogP contribution in [0, 0.1) is 33.5 Å². The number of amides is 1. The minimum atomic E-state index is -2.18. The highest BCUT2D eigenvalue weighted by Gasteiger charge is 2.89. The zero-order chi connectivity index (χ0) is 45.4. The highest BCUT2D eigenvalue weighted by molar-refractivity contribution is 5.98. The third kappa shape index (κ3) is 6.98. The second-order valence-corrected chi connectivity index (χ2v) is 20.1. The van der Waals surface area contributed by atoms with Gasteiger partial charge >= 0.3 is 23.9 Å². The smallest absolute Gasteiger partial charge is 0.338 e. The lowest BCUT2D eigenvalue weighted by molar-refractivity contribution is -0.356. The molecule has 2 aromatic carbocycles. The highest BCUT2D eigenvalue weighted by Crippen LogP contribution is 2.80. The van der Waals surface area contributed by atoms with Crippen molar-refractivity contribution in [2.24, 2.45) is 33.5 Å². The summed E-state index contributed by atoms with van der Waals surface area (Å²) in [6, 6.07) is 16.6. The van der Waals surface area contributed by atoms with E-state index in [-0.39, 0.29) is 60.7 Å². The first-order chi connectivity index (χ1) is 29.0. The minimum Gasteiger partial charge on any atom is -0.457 e. The van der Waals surface area contributed by atoms with Crippen LogP contribution in [0.15, 0.2) is 71.8 Å². The molecule has 0 unspecified atom stereocenters. The van der Waals surface area contributed by atoms with E-state index in [1.54, 1.807) is 58.0 Å². The number of carbonyl (C=O) groups is 6. The average molecular weight is 856 g/mol. The normalized spacial score (nSPS) is 33.9. The fourth-order valence-electron chi connectivity index (χ4n) is 11.8. The van der Waals surface area contributed by atoms with Crippen LogP contribution in [0.3, 0.4) is 0 Å². The molecule has 2 N–H and O–H groups in total. The largest absolute Gasteiger partial charge is 0.457 e. The molecule has 334 valence electrons. The Morgan fingerprint density at radius 2 is 1.53 bits per heavy atom. The molecule has 1 spiro atoms. The summed E-state index contributed by atoms with van der Waals surface area (Å²) in [6.07, 6.45) is -4.34. The van der Waals surface area contributed by atoms with Gasteiger partial charge in [-0.25, -0.2) is 4.79 Å². The molecule has 0 aromatic heterocycles. The van der Waals surface area contributed by atoms with Gasteiger partial charge in [-0.2, -0.15) is 0 Å². The third-order valence-corrected chi connectivity index (χ3v) is 14.9. The summed E-state index contributed by atoms with van der Waals surface area (Å²) < 4.78 is 31.6. The van der Waals surface area contributed by atoms with Gasteiger partial charge in [0.15, 0.2) is 17.5 Å². The Morgan fingerprint density at radius 1 is 0.903 bits per heavy atom. The number of benzene rings is 2. The SMILES string of the molecule is CC[C@@H](C(=O)O[C@H]1C[C@@]2(O)[C@@H](OC(=O)c3ccccc3)[C@]3(C)[C@]4(OC(C)=O)CO[C@@H]4C[C@@H]4C[C@@]43C(=O)[C@H](OC(C)=O)C(=C1C)C2(C)C)[C@@H](NC(=O)CC(C)(C)C)c1ccccc1. The molecule has 1 aliphatic heterocycles. The Labute approximate surface area is 363 Å². The standard InChI is InChI=1S/C49H61NO12/c1-11-33(38(30-18-14-12-15-19-30)50-36(53)25-44(5,6)7)42(56)60-34-24-48(57)43(61-41(55)31-20-16-13-17-21-31)46(10)47(23-32(47)22-35-49(46,26-58-35)62-29(4)52)40(54)39(59-28(3)51)37(27(34)2)45(48,8)9/h12-21,32-35,38-39,43,57H,11,22-26H2,1-10H3,(H,50,53)/t32-,33-,34+,35-,38+,39-,43+,46+,47+,48-,49+/m1/s1. The molecule has 3 saturated carbocycles. The summed E-state index contributed by atoms with van der Waals surface area (Å²) in [5.74, 6) is -4.86. The molecule has 4 fully saturated rings. The summed E-state index contributed by atoms with van der Waals surface area (Å²) in [6.45, 7) is 16.8. The molecule has 1 heterocycles. The maximum absolute atomic E-state index is 15.7. The van der Waals surface area contributed by atoms with Crippen molar-refractivity contribution in [2.45, 2.75) is 143 Å². The molecule has 2 aromatic rings. The van der Waals surface area contributed by atoms with E-state index in [0.717, 1.165) is 0 Å². The number of ether oxygens (including phenoxy) is 5. The van der Waals surface area contributed by atoms with Crippen molar-refractivity contribution in [3.63, 3.8) is 0 Å². The highest BCUT2D eigenvalue weighted by atomic mass is 16.6. The Kier molecular flexibility index (Phi) is 11.5. The first kappa shape index (κ1) is 45.2. The van der Waals surface area contributed by atoms with Crippen molar-refractivity contribution >= 4 is 35.6 Å². The van der Waals surface area contributed by atoms with E-state index < -0.39 is 93.5 Å². The molecule has 1 amide bonds. The summed E-state index contributed by atoms with van der Waals surface area (Å²) >= 11 is 0. The van der Waals surface area contributed by atoms with E-state index in [1.807, 2.05) is 58.0 Å². The van der Waals surface area contributed by atoms with Crippen molar-refractivity contribution in [2.75, 3.05) is 6.61 Å². The molecule has 4 aliphatic carbocycles. The first-order valence-corrected chi connectivity index (χ1v) is 21.8. The zero-order valence-electron chi connectivity index (χ0n) is 37.5. The van der Waals surface area contributed by atoms with Crippen LogP contribution >= 0.6 is 0 Å². The fraction of sp³-hybridized carbons (Fsp3) is 0.592. The van der Waals surface area contributed by atoms with Crippen molar-refractivity contribution in [3.05, 3.63) is 82.9 Å². The number of esters is 4. The second kappa shape index (κ2) is 15.7. The predicted octanol–water partition coefficient (Wildman–Crippen LogP) is 6.55. The fourth-order valence-corrected chi connectivity index (χ4v) is 11.8. The summed E-state index contributed by atoms with van der Waals surface area (Å²) in [4.78, 5) is 84.8.